The Morgan fingerprint density at radius 2 is 1.88 bits per heavy atom. The molecule has 134 valence electrons. The first kappa shape index (κ1) is 16.7. The first-order valence-corrected chi connectivity index (χ1v) is 8.85. The van der Waals surface area contributed by atoms with E-state index >= 15 is 0 Å². The largest absolute Gasteiger partial charge is 0.330 e. The molecule has 2 heterocycles. The van der Waals surface area contributed by atoms with Crippen LogP contribution in [-0.4, -0.2) is 33.4 Å². The van der Waals surface area contributed by atoms with Gasteiger partial charge in [-0.3, -0.25) is 9.69 Å². The zero-order chi connectivity index (χ0) is 18.1. The highest BCUT2D eigenvalue weighted by molar-refractivity contribution is 6.04. The molecule has 2 aromatic carbocycles. The Kier molecular flexibility index (Phi) is 4.42. The number of imidazole rings is 1. The van der Waals surface area contributed by atoms with Gasteiger partial charge in [0.25, 0.3) is 5.91 Å². The Morgan fingerprint density at radius 3 is 2.62 bits per heavy atom. The van der Waals surface area contributed by atoms with Crippen molar-refractivity contribution in [2.24, 2.45) is 7.05 Å². The van der Waals surface area contributed by atoms with Crippen LogP contribution in [0.3, 0.4) is 0 Å². The number of hydrogen-bond donors (Lipinski definition) is 1. The first-order valence-electron chi connectivity index (χ1n) is 8.85. The Morgan fingerprint density at radius 1 is 1.15 bits per heavy atom. The van der Waals surface area contributed by atoms with E-state index in [4.69, 9.17) is 4.98 Å². The Bertz CT molecular complexity index is 942. The van der Waals surface area contributed by atoms with E-state index in [1.54, 1.807) is 0 Å². The number of carbonyl (C=O) groups excluding carboxylic acids is 1. The van der Waals surface area contributed by atoms with Gasteiger partial charge in [0, 0.05) is 18.3 Å². The number of benzene rings is 2. The van der Waals surface area contributed by atoms with E-state index in [2.05, 4.69) is 14.8 Å². The van der Waals surface area contributed by atoms with E-state index < -0.39 is 0 Å². The van der Waals surface area contributed by atoms with Gasteiger partial charge in [0.2, 0.25) is 0 Å². The van der Waals surface area contributed by atoms with Crippen LogP contribution in [0, 0.1) is 5.82 Å². The van der Waals surface area contributed by atoms with Crippen LogP contribution < -0.4 is 5.32 Å². The van der Waals surface area contributed by atoms with Gasteiger partial charge in [0.05, 0.1) is 17.6 Å². The Labute approximate surface area is 151 Å². The average Bonchev–Trinajstić information content (AvgIpc) is 3.24. The molecule has 1 aliphatic heterocycles. The molecule has 0 saturated carbocycles. The number of halogens is 1. The molecule has 0 bridgehead atoms. The topological polar surface area (TPSA) is 50.2 Å². The number of rotatable bonds is 4. The number of aromatic nitrogens is 2. The number of anilines is 1. The summed E-state index contributed by atoms with van der Waals surface area (Å²) >= 11 is 0. The van der Waals surface area contributed by atoms with Crippen molar-refractivity contribution in [3.8, 4) is 0 Å². The number of aryl methyl sites for hydroxylation is 1. The van der Waals surface area contributed by atoms with Gasteiger partial charge in [-0.2, -0.15) is 0 Å². The molecule has 1 amide bonds. The van der Waals surface area contributed by atoms with Crippen LogP contribution in [0.2, 0.25) is 0 Å². The summed E-state index contributed by atoms with van der Waals surface area (Å²) in [5, 5.41) is 2.85. The predicted octanol–water partition coefficient (Wildman–Crippen LogP) is 3.56. The zero-order valence-corrected chi connectivity index (χ0v) is 14.7. The number of fused-ring (bicyclic) bond motifs is 1. The smallest absolute Gasteiger partial charge is 0.255 e. The lowest BCUT2D eigenvalue weighted by Crippen LogP contribution is -2.20. The van der Waals surface area contributed by atoms with Gasteiger partial charge in [-0.1, -0.05) is 0 Å². The lowest BCUT2D eigenvalue weighted by Gasteiger charge is -2.13. The third-order valence-corrected chi connectivity index (χ3v) is 4.90. The Hall–Kier alpha value is -2.73. The molecule has 3 aromatic rings. The first-order chi connectivity index (χ1) is 12.6. The van der Waals surface area contributed by atoms with E-state index in [0.717, 1.165) is 36.5 Å². The summed E-state index contributed by atoms with van der Waals surface area (Å²) in [6, 6.07) is 11.2. The summed E-state index contributed by atoms with van der Waals surface area (Å²) in [6.45, 7) is 3.10. The molecule has 0 atom stereocenters. The van der Waals surface area contributed by atoms with Crippen molar-refractivity contribution in [3.05, 3.63) is 59.7 Å². The van der Waals surface area contributed by atoms with Crippen molar-refractivity contribution in [2.45, 2.75) is 19.4 Å². The van der Waals surface area contributed by atoms with Gasteiger partial charge >= 0.3 is 0 Å². The molecule has 4 rings (SSSR count). The summed E-state index contributed by atoms with van der Waals surface area (Å²) in [5.41, 5.74) is 3.00. The molecule has 5 nitrogen and oxygen atoms in total. The van der Waals surface area contributed by atoms with Crippen LogP contribution in [0.4, 0.5) is 10.1 Å². The van der Waals surface area contributed by atoms with E-state index in [0.29, 0.717) is 11.3 Å². The summed E-state index contributed by atoms with van der Waals surface area (Å²) in [6.07, 6.45) is 2.51. The minimum Gasteiger partial charge on any atom is -0.330 e. The number of likely N-dealkylation sites (tertiary alicyclic amines) is 1. The van der Waals surface area contributed by atoms with E-state index in [1.807, 2.05) is 25.2 Å². The monoisotopic (exact) mass is 352 g/mol. The highest BCUT2D eigenvalue weighted by Crippen LogP contribution is 2.22. The van der Waals surface area contributed by atoms with Crippen LogP contribution in [0.5, 0.6) is 0 Å². The van der Waals surface area contributed by atoms with Crippen LogP contribution >= 0.6 is 0 Å². The molecule has 1 N–H and O–H groups in total. The summed E-state index contributed by atoms with van der Waals surface area (Å²) in [4.78, 5) is 19.5. The van der Waals surface area contributed by atoms with Crippen molar-refractivity contribution in [1.29, 1.82) is 0 Å². The Balaban J connectivity index is 1.55. The van der Waals surface area contributed by atoms with Crippen molar-refractivity contribution in [2.75, 3.05) is 18.4 Å². The second kappa shape index (κ2) is 6.88. The molecule has 6 heteroatoms. The number of hydrogen-bond acceptors (Lipinski definition) is 3. The van der Waals surface area contributed by atoms with Crippen molar-refractivity contribution >= 4 is 22.6 Å². The van der Waals surface area contributed by atoms with Gasteiger partial charge in [-0.25, -0.2) is 9.37 Å². The highest BCUT2D eigenvalue weighted by Gasteiger charge is 2.16. The fourth-order valence-electron chi connectivity index (χ4n) is 3.41. The van der Waals surface area contributed by atoms with Crippen molar-refractivity contribution < 1.29 is 9.18 Å². The summed E-state index contributed by atoms with van der Waals surface area (Å²) in [5.74, 6) is 0.406. The van der Waals surface area contributed by atoms with Crippen molar-refractivity contribution in [3.63, 3.8) is 0 Å². The SMILES string of the molecule is Cn1c(CN2CCCC2)nc2cc(NC(=O)c3ccc(F)cc3)ccc21. The molecule has 26 heavy (non-hydrogen) atoms. The second-order valence-electron chi connectivity index (χ2n) is 6.73. The summed E-state index contributed by atoms with van der Waals surface area (Å²) in [7, 11) is 2.03. The number of amides is 1. The maximum Gasteiger partial charge on any atom is 0.255 e. The van der Waals surface area contributed by atoms with E-state index in [9.17, 15) is 9.18 Å². The maximum absolute atomic E-state index is 13.0. The predicted molar refractivity (Wildman–Crippen MR) is 99.6 cm³/mol. The molecule has 1 fully saturated rings. The lowest BCUT2D eigenvalue weighted by molar-refractivity contribution is 0.102. The second-order valence-corrected chi connectivity index (χ2v) is 6.73. The molecule has 0 aliphatic carbocycles. The number of nitrogens with one attached hydrogen (secondary N) is 1. The van der Waals surface area contributed by atoms with E-state index in [-0.39, 0.29) is 11.7 Å². The van der Waals surface area contributed by atoms with Crippen LogP contribution in [0.25, 0.3) is 11.0 Å². The maximum atomic E-state index is 13.0. The van der Waals surface area contributed by atoms with Gasteiger partial charge in [0.1, 0.15) is 11.6 Å². The number of nitrogens with zero attached hydrogens (tertiary/aromatic N) is 3. The normalized spacial score (nSPS) is 14.8. The van der Waals surface area contributed by atoms with E-state index in [1.165, 1.54) is 37.1 Å². The van der Waals surface area contributed by atoms with Gasteiger partial charge < -0.3 is 9.88 Å². The molecule has 1 aromatic heterocycles. The van der Waals surface area contributed by atoms with Gasteiger partial charge in [-0.05, 0) is 68.4 Å². The highest BCUT2D eigenvalue weighted by atomic mass is 19.1. The number of carbonyl (C=O) groups is 1. The fraction of sp³-hybridized carbons (Fsp3) is 0.300. The molecule has 1 saturated heterocycles. The third-order valence-electron chi connectivity index (χ3n) is 4.90. The molecule has 0 radical (unpaired) electrons. The molecule has 0 spiro atoms. The molecular formula is C20H21FN4O. The molecular weight excluding hydrogens is 331 g/mol. The summed E-state index contributed by atoms with van der Waals surface area (Å²) < 4.78 is 15.1. The quantitative estimate of drug-likeness (QED) is 0.781. The van der Waals surface area contributed by atoms with Gasteiger partial charge in [-0.15, -0.1) is 0 Å². The average molecular weight is 352 g/mol. The standard InChI is InChI=1S/C20H21FN4O/c1-24-18-9-8-16(22-20(26)14-4-6-15(21)7-5-14)12-17(18)23-19(24)13-25-10-2-3-11-25/h4-9,12H,2-3,10-11,13H2,1H3,(H,22,26). The minimum absolute atomic E-state index is 0.266. The molecule has 0 unspecified atom stereocenters. The molecule has 1 aliphatic rings. The fourth-order valence-corrected chi connectivity index (χ4v) is 3.41. The third kappa shape index (κ3) is 3.32. The zero-order valence-electron chi connectivity index (χ0n) is 14.7. The van der Waals surface area contributed by atoms with Gasteiger partial charge in [0.15, 0.2) is 0 Å². The minimum atomic E-state index is -0.359. The lowest BCUT2D eigenvalue weighted by atomic mass is 10.2. The van der Waals surface area contributed by atoms with Crippen LogP contribution in [-0.2, 0) is 13.6 Å². The van der Waals surface area contributed by atoms with Crippen LogP contribution in [0.15, 0.2) is 42.5 Å². The van der Waals surface area contributed by atoms with Crippen molar-refractivity contribution in [1.82, 2.24) is 14.5 Å². The van der Waals surface area contributed by atoms with Crippen LogP contribution in [0.1, 0.15) is 29.0 Å².